The minimum absolute atomic E-state index is 0.0638. The lowest BCUT2D eigenvalue weighted by atomic mass is 9.87. The van der Waals surface area contributed by atoms with Crippen LogP contribution in [0.25, 0.3) is 0 Å². The van der Waals surface area contributed by atoms with Crippen LogP contribution in [0.15, 0.2) is 4.99 Å². The number of carbonyl (C=O) groups excluding carboxylic acids is 1. The molecule has 0 fully saturated rings. The van der Waals surface area contributed by atoms with E-state index in [9.17, 15) is 79.4 Å². The van der Waals surface area contributed by atoms with Crippen LogP contribution < -0.4 is 0 Å². The molecule has 0 aliphatic carbocycles. The van der Waals surface area contributed by atoms with Crippen LogP contribution in [-0.2, 0) is 4.79 Å². The Morgan fingerprint density at radius 2 is 0.800 bits per heavy atom. The molecular formula is C11H4F17NO. The van der Waals surface area contributed by atoms with E-state index in [0.717, 1.165) is 0 Å². The lowest BCUT2D eigenvalue weighted by Gasteiger charge is -2.43. The predicted molar refractivity (Wildman–Crippen MR) is 58.3 cm³/mol. The van der Waals surface area contributed by atoms with Gasteiger partial charge >= 0.3 is 47.6 Å². The van der Waals surface area contributed by atoms with Crippen LogP contribution in [0.2, 0.25) is 0 Å². The highest BCUT2D eigenvalue weighted by molar-refractivity contribution is 5.34. The van der Waals surface area contributed by atoms with Gasteiger partial charge in [0.1, 0.15) is 6.04 Å². The Hall–Kier alpha value is -1.81. The number of rotatable bonds is 8. The van der Waals surface area contributed by atoms with Gasteiger partial charge in [0, 0.05) is 0 Å². The van der Waals surface area contributed by atoms with Crippen molar-refractivity contribution in [3.63, 3.8) is 0 Å². The van der Waals surface area contributed by atoms with Crippen molar-refractivity contribution >= 4 is 6.08 Å². The fraction of sp³-hybridized carbons (Fsp3) is 0.909. The van der Waals surface area contributed by atoms with Crippen LogP contribution in [-0.4, -0.2) is 59.8 Å². The van der Waals surface area contributed by atoms with Gasteiger partial charge < -0.3 is 0 Å². The summed E-state index contributed by atoms with van der Waals surface area (Å²) in [7, 11) is 0. The minimum atomic E-state index is -8.68. The summed E-state index contributed by atoms with van der Waals surface area (Å²) in [5.74, 6) is -57.1. The van der Waals surface area contributed by atoms with E-state index in [2.05, 4.69) is 0 Å². The Labute approximate surface area is 152 Å². The molecule has 1 unspecified atom stereocenters. The van der Waals surface area contributed by atoms with Gasteiger partial charge in [0.2, 0.25) is 6.08 Å². The first-order valence-electron chi connectivity index (χ1n) is 6.51. The standard InChI is InChI=1S/C11H4F17NO/c1-3(29-2-30)4(12,13)5(14,15)6(16,17)7(18,19)8(20,21)9(22,23)10(24,25)11(26,27)28/h3H,1H3. The molecule has 0 saturated heterocycles. The number of hydrogen-bond acceptors (Lipinski definition) is 2. The Balaban J connectivity index is 6.80. The fourth-order valence-electron chi connectivity index (χ4n) is 1.60. The topological polar surface area (TPSA) is 29.4 Å². The molecule has 178 valence electrons. The van der Waals surface area contributed by atoms with E-state index in [-0.39, 0.29) is 13.0 Å². The first-order valence-corrected chi connectivity index (χ1v) is 6.51. The summed E-state index contributed by atoms with van der Waals surface area (Å²) in [6.07, 6.45) is -7.74. The van der Waals surface area contributed by atoms with Crippen LogP contribution in [0.1, 0.15) is 6.92 Å². The minimum Gasteiger partial charge on any atom is -0.211 e. The summed E-state index contributed by atoms with van der Waals surface area (Å²) >= 11 is 0. The Kier molecular flexibility index (Phi) is 6.69. The third-order valence-electron chi connectivity index (χ3n) is 3.52. The summed E-state index contributed by atoms with van der Waals surface area (Å²) in [4.78, 5) is 11.4. The van der Waals surface area contributed by atoms with Gasteiger partial charge in [-0.25, -0.2) is 4.79 Å². The molecule has 19 heteroatoms. The molecule has 2 nitrogen and oxygen atoms in total. The van der Waals surface area contributed by atoms with Crippen molar-refractivity contribution < 1.29 is 79.4 Å². The van der Waals surface area contributed by atoms with Gasteiger partial charge in [-0.05, 0) is 6.92 Å². The average molecular weight is 489 g/mol. The molecule has 0 aromatic carbocycles. The van der Waals surface area contributed by atoms with Gasteiger partial charge in [0.05, 0.1) is 0 Å². The molecule has 0 aliphatic heterocycles. The van der Waals surface area contributed by atoms with Gasteiger partial charge in [-0.15, -0.1) is 0 Å². The maximum Gasteiger partial charge on any atom is 0.460 e. The highest BCUT2D eigenvalue weighted by atomic mass is 19.4. The van der Waals surface area contributed by atoms with E-state index < -0.39 is 53.7 Å². The van der Waals surface area contributed by atoms with Crippen LogP contribution in [0.4, 0.5) is 74.6 Å². The second-order valence-electron chi connectivity index (χ2n) is 5.46. The zero-order valence-electron chi connectivity index (χ0n) is 13.4. The number of alkyl halides is 17. The molecule has 30 heavy (non-hydrogen) atoms. The third-order valence-corrected chi connectivity index (χ3v) is 3.52. The van der Waals surface area contributed by atoms with Gasteiger partial charge in [-0.3, -0.25) is 0 Å². The highest BCUT2D eigenvalue weighted by Crippen LogP contribution is 2.64. The molecule has 0 spiro atoms. The lowest BCUT2D eigenvalue weighted by Crippen LogP contribution is -2.75. The molecule has 0 aromatic rings. The summed E-state index contributed by atoms with van der Waals surface area (Å²) < 4.78 is 219. The van der Waals surface area contributed by atoms with Crippen molar-refractivity contribution in [3.8, 4) is 0 Å². The van der Waals surface area contributed by atoms with Crippen LogP contribution >= 0.6 is 0 Å². The molecule has 0 heterocycles. The van der Waals surface area contributed by atoms with E-state index in [1.165, 1.54) is 0 Å². The molecule has 0 radical (unpaired) electrons. The number of hydrogen-bond donors (Lipinski definition) is 0. The fourth-order valence-corrected chi connectivity index (χ4v) is 1.60. The third kappa shape index (κ3) is 3.37. The summed E-state index contributed by atoms with van der Waals surface area (Å²) in [5, 5.41) is 0. The molecule has 0 N–H and O–H groups in total. The Bertz CT molecular complexity index is 686. The van der Waals surface area contributed by atoms with Crippen molar-refractivity contribution in [1.29, 1.82) is 0 Å². The molecule has 0 saturated carbocycles. The van der Waals surface area contributed by atoms with Gasteiger partial charge in [0.25, 0.3) is 0 Å². The Morgan fingerprint density at radius 1 is 0.533 bits per heavy atom. The van der Waals surface area contributed by atoms with Crippen molar-refractivity contribution in [2.45, 2.75) is 60.6 Å². The first-order chi connectivity index (χ1) is 12.7. The normalized spacial score (nSPS) is 16.9. The highest BCUT2D eigenvalue weighted by Gasteiger charge is 2.95. The van der Waals surface area contributed by atoms with Crippen LogP contribution in [0.5, 0.6) is 0 Å². The summed E-state index contributed by atoms with van der Waals surface area (Å²) in [5.41, 5.74) is 0. The second-order valence-corrected chi connectivity index (χ2v) is 5.46. The smallest absolute Gasteiger partial charge is 0.211 e. The van der Waals surface area contributed by atoms with E-state index in [1.54, 1.807) is 4.99 Å². The van der Waals surface area contributed by atoms with Gasteiger partial charge in [-0.2, -0.15) is 79.6 Å². The monoisotopic (exact) mass is 489 g/mol. The second kappa shape index (κ2) is 7.12. The van der Waals surface area contributed by atoms with E-state index >= 15 is 0 Å². The van der Waals surface area contributed by atoms with Crippen molar-refractivity contribution in [1.82, 2.24) is 0 Å². The number of halogens is 17. The maximum absolute atomic E-state index is 13.3. The molecule has 0 aliphatic rings. The number of isocyanates is 1. The molecule has 0 amide bonds. The van der Waals surface area contributed by atoms with E-state index in [0.29, 0.717) is 0 Å². The zero-order valence-corrected chi connectivity index (χ0v) is 13.4. The predicted octanol–water partition coefficient (Wildman–Crippen LogP) is 5.72. The SMILES string of the molecule is CC(N=C=O)C(F)(F)C(F)(F)C(F)(F)C(F)(F)C(F)(F)C(F)(F)C(F)(F)C(F)(F)F. The van der Waals surface area contributed by atoms with Gasteiger partial charge in [0.15, 0.2) is 0 Å². The zero-order chi connectivity index (χ0) is 25.0. The molecular weight excluding hydrogens is 485 g/mol. The quantitative estimate of drug-likeness (QED) is 0.244. The van der Waals surface area contributed by atoms with Crippen molar-refractivity contribution in [2.24, 2.45) is 4.99 Å². The summed E-state index contributed by atoms with van der Waals surface area (Å²) in [6.45, 7) is -0.364. The largest absolute Gasteiger partial charge is 0.460 e. The van der Waals surface area contributed by atoms with Gasteiger partial charge in [-0.1, -0.05) is 0 Å². The molecule has 0 bridgehead atoms. The lowest BCUT2D eigenvalue weighted by molar-refractivity contribution is -0.462. The molecule has 0 rings (SSSR count). The van der Waals surface area contributed by atoms with Crippen LogP contribution in [0, 0.1) is 0 Å². The number of nitrogens with zero attached hydrogens (tertiary/aromatic N) is 1. The van der Waals surface area contributed by atoms with E-state index in [4.69, 9.17) is 0 Å². The van der Waals surface area contributed by atoms with Crippen molar-refractivity contribution in [2.75, 3.05) is 0 Å². The molecule has 1 atom stereocenters. The van der Waals surface area contributed by atoms with E-state index in [1.807, 2.05) is 0 Å². The average Bonchev–Trinajstić information content (AvgIpc) is 2.52. The first kappa shape index (κ1) is 28.2. The number of aliphatic imine (C=N–C) groups is 1. The Morgan fingerprint density at radius 3 is 1.07 bits per heavy atom. The summed E-state index contributed by atoms with van der Waals surface area (Å²) in [6, 6.07) is -3.75. The maximum atomic E-state index is 13.3. The van der Waals surface area contributed by atoms with Crippen LogP contribution in [0.3, 0.4) is 0 Å². The molecule has 0 aromatic heterocycles. The van der Waals surface area contributed by atoms with Crippen molar-refractivity contribution in [3.05, 3.63) is 0 Å².